The van der Waals surface area contributed by atoms with Gasteiger partial charge in [-0.25, -0.2) is 4.79 Å². The fourth-order valence-electron chi connectivity index (χ4n) is 4.30. The number of alkyl halides is 7. The average Bonchev–Trinajstić information content (AvgIpc) is 2.94. The van der Waals surface area contributed by atoms with E-state index in [1.807, 2.05) is 0 Å². The summed E-state index contributed by atoms with van der Waals surface area (Å²) in [7, 11) is 0. The first kappa shape index (κ1) is 31.1. The van der Waals surface area contributed by atoms with Crippen molar-refractivity contribution in [3.8, 4) is 11.5 Å². The summed E-state index contributed by atoms with van der Waals surface area (Å²) in [5.41, 5.74) is -0.321. The predicted octanol–water partition coefficient (Wildman–Crippen LogP) is 7.83. The van der Waals surface area contributed by atoms with E-state index in [9.17, 15) is 35.5 Å². The van der Waals surface area contributed by atoms with E-state index in [0.29, 0.717) is 5.56 Å². The number of carbonyl (C=O) groups excluding carboxylic acids is 1. The van der Waals surface area contributed by atoms with Crippen molar-refractivity contribution in [2.45, 2.75) is 37.8 Å². The standard InChI is InChI=1S/C30H24F7N3O3/c1-19-14-15-25(38-18-19)28(17-20-8-3-2-4-9-20,21-10-7-11-22(16-21)42-29(33,34)26(31)32)40-27(41)39-23-12-5-6-13-24(23)43-30(35,36)37/h2-16,18,26H,17H2,1H3,(H2,39,40,41)/t28-/m0/s1. The number of ether oxygens (including phenoxy) is 2. The summed E-state index contributed by atoms with van der Waals surface area (Å²) in [6.07, 6.45) is -12.5. The second-order valence-corrected chi connectivity index (χ2v) is 9.40. The second kappa shape index (κ2) is 12.6. The molecular formula is C30H24F7N3O3. The lowest BCUT2D eigenvalue weighted by atomic mass is 9.80. The third-order valence-electron chi connectivity index (χ3n) is 6.18. The van der Waals surface area contributed by atoms with Crippen molar-refractivity contribution >= 4 is 11.7 Å². The van der Waals surface area contributed by atoms with E-state index in [2.05, 4.69) is 25.1 Å². The molecule has 0 aliphatic heterocycles. The molecule has 2 N–H and O–H groups in total. The third-order valence-corrected chi connectivity index (χ3v) is 6.18. The highest BCUT2D eigenvalue weighted by Gasteiger charge is 2.45. The Kier molecular flexibility index (Phi) is 9.12. The van der Waals surface area contributed by atoms with Crippen LogP contribution in [0.2, 0.25) is 0 Å². The average molecular weight is 608 g/mol. The molecule has 2 amide bonds. The van der Waals surface area contributed by atoms with Crippen LogP contribution in [-0.2, 0) is 12.0 Å². The minimum atomic E-state index is -5.04. The molecular weight excluding hydrogens is 583 g/mol. The number of carbonyl (C=O) groups is 1. The summed E-state index contributed by atoms with van der Waals surface area (Å²) in [6, 6.07) is 20.5. The summed E-state index contributed by atoms with van der Waals surface area (Å²) in [4.78, 5) is 18.0. The van der Waals surface area contributed by atoms with E-state index in [0.717, 1.165) is 23.8 Å². The Morgan fingerprint density at radius 2 is 1.56 bits per heavy atom. The summed E-state index contributed by atoms with van der Waals surface area (Å²) in [5, 5.41) is 5.08. The second-order valence-electron chi connectivity index (χ2n) is 9.40. The topological polar surface area (TPSA) is 72.5 Å². The van der Waals surface area contributed by atoms with Crippen LogP contribution in [0.25, 0.3) is 0 Å². The zero-order valence-electron chi connectivity index (χ0n) is 22.3. The quantitative estimate of drug-likeness (QED) is 0.180. The summed E-state index contributed by atoms with van der Waals surface area (Å²) in [5.74, 6) is -1.31. The molecule has 0 bridgehead atoms. The van der Waals surface area contributed by atoms with Crippen LogP contribution in [0.5, 0.6) is 11.5 Å². The Hall–Kier alpha value is -4.81. The maximum atomic E-state index is 13.8. The van der Waals surface area contributed by atoms with Crippen LogP contribution in [0.15, 0.2) is 97.2 Å². The van der Waals surface area contributed by atoms with Gasteiger partial charge in [0.15, 0.2) is 5.75 Å². The highest BCUT2D eigenvalue weighted by Crippen LogP contribution is 2.37. The molecule has 0 unspecified atom stereocenters. The van der Waals surface area contributed by atoms with Gasteiger partial charge in [-0.3, -0.25) is 4.98 Å². The minimum absolute atomic E-state index is 0.0489. The number of pyridine rings is 1. The van der Waals surface area contributed by atoms with Crippen molar-refractivity contribution in [3.05, 3.63) is 120 Å². The molecule has 0 saturated carbocycles. The molecule has 0 fully saturated rings. The molecule has 43 heavy (non-hydrogen) atoms. The number of para-hydroxylation sites is 2. The van der Waals surface area contributed by atoms with Crippen LogP contribution in [0.4, 0.5) is 41.2 Å². The van der Waals surface area contributed by atoms with Crippen LogP contribution in [0.3, 0.4) is 0 Å². The largest absolute Gasteiger partial charge is 0.573 e. The Morgan fingerprint density at radius 3 is 2.21 bits per heavy atom. The van der Waals surface area contributed by atoms with Crippen LogP contribution in [0, 0.1) is 6.92 Å². The third kappa shape index (κ3) is 7.93. The van der Waals surface area contributed by atoms with Crippen molar-refractivity contribution < 1.29 is 45.0 Å². The molecule has 0 aliphatic rings. The Bertz CT molecular complexity index is 1530. The Balaban J connectivity index is 1.83. The van der Waals surface area contributed by atoms with Gasteiger partial charge in [-0.05, 0) is 53.9 Å². The maximum absolute atomic E-state index is 13.8. The SMILES string of the molecule is Cc1ccc([C@@](Cc2ccccc2)(NC(=O)Nc2ccccc2OC(F)(F)F)c2cccc(OC(F)(F)C(F)F)c2)nc1. The molecule has 0 radical (unpaired) electrons. The number of anilines is 1. The first-order chi connectivity index (χ1) is 20.3. The maximum Gasteiger partial charge on any atom is 0.573 e. The van der Waals surface area contributed by atoms with Gasteiger partial charge in [0.2, 0.25) is 0 Å². The van der Waals surface area contributed by atoms with E-state index < -0.39 is 42.0 Å². The number of urea groups is 1. The lowest BCUT2D eigenvalue weighted by molar-refractivity contribution is -0.274. The fraction of sp³-hybridized carbons (Fsp3) is 0.200. The molecule has 13 heteroatoms. The van der Waals surface area contributed by atoms with Crippen LogP contribution in [-0.4, -0.2) is 29.9 Å². The highest BCUT2D eigenvalue weighted by molar-refractivity contribution is 5.92. The van der Waals surface area contributed by atoms with Crippen molar-refractivity contribution in [2.24, 2.45) is 0 Å². The number of nitrogens with one attached hydrogen (secondary N) is 2. The van der Waals surface area contributed by atoms with E-state index >= 15 is 0 Å². The number of rotatable bonds is 10. The van der Waals surface area contributed by atoms with Crippen molar-refractivity contribution in [3.63, 3.8) is 0 Å². The summed E-state index contributed by atoms with van der Waals surface area (Å²) < 4.78 is 101. The first-order valence-corrected chi connectivity index (χ1v) is 12.6. The zero-order chi connectivity index (χ0) is 31.3. The number of amides is 2. The van der Waals surface area contributed by atoms with Crippen molar-refractivity contribution in [1.82, 2.24) is 10.3 Å². The van der Waals surface area contributed by atoms with Crippen molar-refractivity contribution in [1.29, 1.82) is 0 Å². The van der Waals surface area contributed by atoms with E-state index in [-0.39, 0.29) is 23.4 Å². The lowest BCUT2D eigenvalue weighted by Crippen LogP contribution is -2.50. The van der Waals surface area contributed by atoms with E-state index in [1.54, 1.807) is 49.4 Å². The van der Waals surface area contributed by atoms with Gasteiger partial charge in [0.25, 0.3) is 0 Å². The van der Waals surface area contributed by atoms with Gasteiger partial charge in [0.05, 0.1) is 11.4 Å². The molecule has 1 atom stereocenters. The zero-order valence-corrected chi connectivity index (χ0v) is 22.3. The van der Waals surface area contributed by atoms with E-state index in [1.165, 1.54) is 36.5 Å². The molecule has 0 aliphatic carbocycles. The fourth-order valence-corrected chi connectivity index (χ4v) is 4.30. The molecule has 4 rings (SSSR count). The number of aromatic nitrogens is 1. The van der Waals surface area contributed by atoms with Crippen LogP contribution < -0.4 is 20.1 Å². The molecule has 1 heterocycles. The predicted molar refractivity (Wildman–Crippen MR) is 143 cm³/mol. The normalized spacial score (nSPS) is 13.2. The Morgan fingerprint density at radius 1 is 0.860 bits per heavy atom. The van der Waals surface area contributed by atoms with Crippen LogP contribution in [0.1, 0.15) is 22.4 Å². The molecule has 3 aromatic carbocycles. The molecule has 226 valence electrons. The smallest absolute Gasteiger partial charge is 0.428 e. The number of aryl methyl sites for hydroxylation is 1. The number of benzene rings is 3. The molecule has 0 spiro atoms. The first-order valence-electron chi connectivity index (χ1n) is 12.6. The summed E-state index contributed by atoms with van der Waals surface area (Å²) >= 11 is 0. The van der Waals surface area contributed by atoms with Gasteiger partial charge in [-0.1, -0.05) is 60.7 Å². The van der Waals surface area contributed by atoms with Gasteiger partial charge < -0.3 is 20.1 Å². The summed E-state index contributed by atoms with van der Waals surface area (Å²) in [6.45, 7) is 1.76. The van der Waals surface area contributed by atoms with E-state index in [4.69, 9.17) is 0 Å². The highest BCUT2D eigenvalue weighted by atomic mass is 19.4. The van der Waals surface area contributed by atoms with Gasteiger partial charge in [0, 0.05) is 12.6 Å². The number of halogens is 7. The van der Waals surface area contributed by atoms with Gasteiger partial charge in [-0.2, -0.15) is 17.6 Å². The van der Waals surface area contributed by atoms with Gasteiger partial charge in [0.1, 0.15) is 11.3 Å². The molecule has 6 nitrogen and oxygen atoms in total. The lowest BCUT2D eigenvalue weighted by Gasteiger charge is -2.36. The molecule has 0 saturated heterocycles. The van der Waals surface area contributed by atoms with Gasteiger partial charge >= 0.3 is 24.9 Å². The molecule has 1 aromatic heterocycles. The van der Waals surface area contributed by atoms with Gasteiger partial charge in [-0.15, -0.1) is 13.2 Å². The molecule has 4 aromatic rings. The number of hydrogen-bond donors (Lipinski definition) is 2. The van der Waals surface area contributed by atoms with Crippen LogP contribution >= 0.6 is 0 Å². The number of hydrogen-bond acceptors (Lipinski definition) is 4. The number of nitrogens with zero attached hydrogens (tertiary/aromatic N) is 1. The van der Waals surface area contributed by atoms with Crippen molar-refractivity contribution in [2.75, 3.05) is 5.32 Å². The monoisotopic (exact) mass is 607 g/mol. The minimum Gasteiger partial charge on any atom is -0.428 e. The Labute approximate surface area is 241 Å².